The first kappa shape index (κ1) is 20.6. The molecule has 0 aliphatic rings. The second-order valence-corrected chi connectivity index (χ2v) is 7.51. The highest BCUT2D eigenvalue weighted by Gasteiger charge is 2.31. The fourth-order valence-electron chi connectivity index (χ4n) is 3.13. The fourth-order valence-corrected chi connectivity index (χ4v) is 4.08. The van der Waals surface area contributed by atoms with Gasteiger partial charge in [-0.05, 0) is 42.3 Å². The van der Waals surface area contributed by atoms with Gasteiger partial charge in [0.2, 0.25) is 0 Å². The maximum absolute atomic E-state index is 12.9. The van der Waals surface area contributed by atoms with Crippen LogP contribution in [0.5, 0.6) is 0 Å². The first-order valence-electron chi connectivity index (χ1n) is 8.85. The van der Waals surface area contributed by atoms with Crippen LogP contribution in [0.4, 0.5) is 18.2 Å². The molecule has 31 heavy (non-hydrogen) atoms. The number of benzene rings is 2. The van der Waals surface area contributed by atoms with Crippen LogP contribution in [0.3, 0.4) is 0 Å². The number of amides is 1. The van der Waals surface area contributed by atoms with Gasteiger partial charge >= 0.3 is 18.1 Å². The molecule has 10 heteroatoms. The molecule has 2 heterocycles. The Kier molecular flexibility index (Phi) is 5.02. The topological polar surface area (TPSA) is 92.4 Å². The Bertz CT molecular complexity index is 1290. The normalized spacial score (nSPS) is 11.6. The summed E-state index contributed by atoms with van der Waals surface area (Å²) in [7, 11) is 0. The van der Waals surface area contributed by atoms with Gasteiger partial charge in [0.1, 0.15) is 16.1 Å². The number of carbonyl (C=O) groups excluding carboxylic acids is 1. The Morgan fingerprint density at radius 3 is 2.52 bits per heavy atom. The molecule has 0 saturated heterocycles. The predicted octanol–water partition coefficient (Wildman–Crippen LogP) is 5.83. The number of carboxylic acids is 1. The third kappa shape index (κ3) is 3.89. The molecule has 0 aliphatic carbocycles. The third-order valence-electron chi connectivity index (χ3n) is 4.56. The number of fused-ring (bicyclic) bond motifs is 1. The van der Waals surface area contributed by atoms with Gasteiger partial charge < -0.3 is 14.8 Å². The second-order valence-electron chi connectivity index (χ2n) is 6.63. The number of anilines is 1. The minimum Gasteiger partial charge on any atom is -0.478 e. The summed E-state index contributed by atoms with van der Waals surface area (Å²) in [4.78, 5) is 28.5. The zero-order chi connectivity index (χ0) is 22.3. The molecule has 4 aromatic rings. The number of carbonyl (C=O) groups is 2. The summed E-state index contributed by atoms with van der Waals surface area (Å²) < 4.78 is 44.2. The Balaban J connectivity index is 1.69. The van der Waals surface area contributed by atoms with E-state index in [0.717, 1.165) is 23.5 Å². The van der Waals surface area contributed by atoms with Crippen LogP contribution in [0.2, 0.25) is 0 Å². The SMILES string of the molecule is Cc1cc(C(F)(F)F)ccc1-c1csc(NC(=O)c2nc3ccccc3o2)c1C(=O)O. The first-order chi connectivity index (χ1) is 14.6. The smallest absolute Gasteiger partial charge is 0.416 e. The summed E-state index contributed by atoms with van der Waals surface area (Å²) in [6.45, 7) is 1.46. The van der Waals surface area contributed by atoms with Gasteiger partial charge in [-0.25, -0.2) is 9.78 Å². The average Bonchev–Trinajstić information content (AvgIpc) is 3.31. The van der Waals surface area contributed by atoms with E-state index in [1.807, 2.05) is 0 Å². The molecule has 0 bridgehead atoms. The number of aryl methyl sites for hydroxylation is 1. The highest BCUT2D eigenvalue weighted by molar-refractivity contribution is 7.15. The number of aromatic nitrogens is 1. The summed E-state index contributed by atoms with van der Waals surface area (Å²) in [6, 6.07) is 9.81. The first-order valence-corrected chi connectivity index (χ1v) is 9.73. The third-order valence-corrected chi connectivity index (χ3v) is 5.46. The van der Waals surface area contributed by atoms with Crippen molar-refractivity contribution in [1.82, 2.24) is 4.98 Å². The van der Waals surface area contributed by atoms with Crippen molar-refractivity contribution in [3.05, 3.63) is 70.4 Å². The van der Waals surface area contributed by atoms with Crippen molar-refractivity contribution in [2.45, 2.75) is 13.1 Å². The minimum absolute atomic E-state index is 0.0223. The summed E-state index contributed by atoms with van der Waals surface area (Å²) in [5.41, 5.74) is 0.604. The molecule has 2 N–H and O–H groups in total. The van der Waals surface area contributed by atoms with Crippen molar-refractivity contribution in [2.75, 3.05) is 5.32 Å². The number of para-hydroxylation sites is 2. The number of nitrogens with zero attached hydrogens (tertiary/aromatic N) is 1. The van der Waals surface area contributed by atoms with E-state index >= 15 is 0 Å². The van der Waals surface area contributed by atoms with Gasteiger partial charge in [0.15, 0.2) is 5.58 Å². The van der Waals surface area contributed by atoms with Gasteiger partial charge in [0.05, 0.1) is 5.56 Å². The van der Waals surface area contributed by atoms with Gasteiger partial charge in [0, 0.05) is 10.9 Å². The standard InChI is InChI=1S/C21H13F3N2O4S/c1-10-8-11(21(22,23)24)6-7-12(10)13-9-31-19(16(13)20(28)29)26-17(27)18-25-14-4-2-3-5-15(14)30-18/h2-9H,1H3,(H,26,27)(H,28,29). The number of halogens is 3. The highest BCUT2D eigenvalue weighted by Crippen LogP contribution is 2.39. The fraction of sp³-hybridized carbons (Fsp3) is 0.0952. The van der Waals surface area contributed by atoms with Crippen LogP contribution in [-0.4, -0.2) is 22.0 Å². The Morgan fingerprint density at radius 1 is 1.13 bits per heavy atom. The summed E-state index contributed by atoms with van der Waals surface area (Å²) in [5.74, 6) is -2.31. The van der Waals surface area contributed by atoms with E-state index in [2.05, 4.69) is 10.3 Å². The number of hydrogen-bond acceptors (Lipinski definition) is 5. The molecule has 0 atom stereocenters. The number of rotatable bonds is 4. The van der Waals surface area contributed by atoms with Gasteiger partial charge in [-0.1, -0.05) is 18.2 Å². The molecule has 1 amide bonds. The number of alkyl halides is 3. The molecule has 0 radical (unpaired) electrons. The summed E-state index contributed by atoms with van der Waals surface area (Å²) >= 11 is 0.943. The van der Waals surface area contributed by atoms with Crippen molar-refractivity contribution in [3.8, 4) is 11.1 Å². The molecular weight excluding hydrogens is 433 g/mol. The molecule has 2 aromatic heterocycles. The number of oxazole rings is 1. The van der Waals surface area contributed by atoms with Crippen molar-refractivity contribution in [2.24, 2.45) is 0 Å². The van der Waals surface area contributed by atoms with Gasteiger partial charge in [-0.2, -0.15) is 13.2 Å². The Labute approximate surface area is 177 Å². The van der Waals surface area contributed by atoms with E-state index in [9.17, 15) is 27.9 Å². The maximum Gasteiger partial charge on any atom is 0.416 e. The van der Waals surface area contributed by atoms with Crippen molar-refractivity contribution >= 4 is 39.3 Å². The predicted molar refractivity (Wildman–Crippen MR) is 108 cm³/mol. The van der Waals surface area contributed by atoms with Gasteiger partial charge in [0.25, 0.3) is 5.89 Å². The van der Waals surface area contributed by atoms with E-state index in [1.165, 1.54) is 18.4 Å². The molecule has 0 fully saturated rings. The number of hydrogen-bond donors (Lipinski definition) is 2. The number of aromatic carboxylic acids is 1. The van der Waals surface area contributed by atoms with E-state index in [0.29, 0.717) is 16.7 Å². The quantitative estimate of drug-likeness (QED) is 0.411. The van der Waals surface area contributed by atoms with Crippen LogP contribution in [0, 0.1) is 6.92 Å². The molecule has 4 rings (SSSR count). The molecule has 0 aliphatic heterocycles. The number of carboxylic acid groups (broad SMARTS) is 1. The maximum atomic E-state index is 12.9. The van der Waals surface area contributed by atoms with Crippen molar-refractivity contribution in [3.63, 3.8) is 0 Å². The van der Waals surface area contributed by atoms with Crippen LogP contribution < -0.4 is 5.32 Å². The largest absolute Gasteiger partial charge is 0.478 e. The zero-order valence-electron chi connectivity index (χ0n) is 15.8. The summed E-state index contributed by atoms with van der Waals surface area (Å²) in [5, 5.41) is 13.7. The molecular formula is C21H13F3N2O4S. The lowest BCUT2D eigenvalue weighted by molar-refractivity contribution is -0.137. The number of nitrogens with one attached hydrogen (secondary N) is 1. The monoisotopic (exact) mass is 446 g/mol. The van der Waals surface area contributed by atoms with Crippen LogP contribution in [-0.2, 0) is 6.18 Å². The Morgan fingerprint density at radius 2 is 1.87 bits per heavy atom. The van der Waals surface area contributed by atoms with E-state index in [4.69, 9.17) is 4.42 Å². The molecule has 6 nitrogen and oxygen atoms in total. The average molecular weight is 446 g/mol. The Hall–Kier alpha value is -3.66. The lowest BCUT2D eigenvalue weighted by Crippen LogP contribution is -2.14. The van der Waals surface area contributed by atoms with Gasteiger partial charge in [-0.3, -0.25) is 4.79 Å². The molecule has 0 unspecified atom stereocenters. The molecule has 2 aromatic carbocycles. The van der Waals surface area contributed by atoms with Crippen LogP contribution in [0.15, 0.2) is 52.3 Å². The summed E-state index contributed by atoms with van der Waals surface area (Å²) in [6.07, 6.45) is -4.51. The van der Waals surface area contributed by atoms with Crippen LogP contribution >= 0.6 is 11.3 Å². The molecule has 158 valence electrons. The van der Waals surface area contributed by atoms with Crippen LogP contribution in [0.25, 0.3) is 22.2 Å². The molecule has 0 spiro atoms. The zero-order valence-corrected chi connectivity index (χ0v) is 16.6. The molecule has 0 saturated carbocycles. The lowest BCUT2D eigenvalue weighted by atomic mass is 9.97. The van der Waals surface area contributed by atoms with Crippen molar-refractivity contribution < 1.29 is 32.3 Å². The van der Waals surface area contributed by atoms with Crippen molar-refractivity contribution in [1.29, 1.82) is 0 Å². The van der Waals surface area contributed by atoms with E-state index in [1.54, 1.807) is 24.3 Å². The van der Waals surface area contributed by atoms with E-state index < -0.39 is 23.6 Å². The second kappa shape index (κ2) is 7.55. The minimum atomic E-state index is -4.51. The van der Waals surface area contributed by atoms with E-state index in [-0.39, 0.29) is 27.6 Å². The number of thiophene rings is 1. The highest BCUT2D eigenvalue weighted by atomic mass is 32.1. The van der Waals surface area contributed by atoms with Crippen LogP contribution in [0.1, 0.15) is 32.2 Å². The van der Waals surface area contributed by atoms with Gasteiger partial charge in [-0.15, -0.1) is 11.3 Å². The lowest BCUT2D eigenvalue weighted by Gasteiger charge is -2.11.